The van der Waals surface area contributed by atoms with Crippen LogP contribution in [0.2, 0.25) is 0 Å². The molecule has 8 nitrogen and oxygen atoms in total. The van der Waals surface area contributed by atoms with E-state index in [0.29, 0.717) is 25.1 Å². The van der Waals surface area contributed by atoms with Crippen LogP contribution in [0.1, 0.15) is 49.3 Å². The number of carbonyl (C=O) groups is 1. The molecule has 28 heavy (non-hydrogen) atoms. The minimum absolute atomic E-state index is 0.0212. The van der Waals surface area contributed by atoms with Gasteiger partial charge in [-0.3, -0.25) is 4.79 Å². The first-order chi connectivity index (χ1) is 13.4. The van der Waals surface area contributed by atoms with Gasteiger partial charge in [-0.1, -0.05) is 12.5 Å². The molecule has 0 saturated carbocycles. The van der Waals surface area contributed by atoms with Crippen molar-refractivity contribution in [1.29, 1.82) is 0 Å². The molecule has 2 aromatic rings. The van der Waals surface area contributed by atoms with E-state index in [-0.39, 0.29) is 16.8 Å². The zero-order chi connectivity index (χ0) is 20.1. The Morgan fingerprint density at radius 3 is 2.89 bits per heavy atom. The molecule has 1 fully saturated rings. The number of piperidine rings is 1. The summed E-state index contributed by atoms with van der Waals surface area (Å²) in [6, 6.07) is 6.23. The second-order valence-corrected chi connectivity index (χ2v) is 8.92. The molecule has 1 saturated heterocycles. The number of hydrogen-bond acceptors (Lipinski definition) is 5. The molecule has 1 aromatic carbocycles. The normalized spacial score (nSPS) is 18.1. The van der Waals surface area contributed by atoms with E-state index in [0.717, 1.165) is 31.6 Å². The fraction of sp³-hybridized carbons (Fsp3) is 0.526. The van der Waals surface area contributed by atoms with Crippen LogP contribution in [-0.4, -0.2) is 52.5 Å². The highest BCUT2D eigenvalue weighted by atomic mass is 32.2. The lowest BCUT2D eigenvalue weighted by Gasteiger charge is -2.32. The van der Waals surface area contributed by atoms with Gasteiger partial charge in [-0.2, -0.15) is 4.31 Å². The Kier molecular flexibility index (Phi) is 6.46. The SMILES string of the molecule is CCn1cnnc1CCNC(=O)c1cccc(S(=O)(=O)N2CCCCC2C)c1. The van der Waals surface area contributed by atoms with Crippen LogP contribution >= 0.6 is 0 Å². The molecule has 1 aromatic heterocycles. The van der Waals surface area contributed by atoms with Crippen LogP contribution in [0.5, 0.6) is 0 Å². The number of aromatic nitrogens is 3. The highest BCUT2D eigenvalue weighted by molar-refractivity contribution is 7.89. The topological polar surface area (TPSA) is 97.2 Å². The lowest BCUT2D eigenvalue weighted by Crippen LogP contribution is -2.42. The van der Waals surface area contributed by atoms with Crippen LogP contribution in [-0.2, 0) is 23.0 Å². The number of carbonyl (C=O) groups excluding carboxylic acids is 1. The predicted molar refractivity (Wildman–Crippen MR) is 105 cm³/mol. The maximum atomic E-state index is 13.0. The van der Waals surface area contributed by atoms with Crippen molar-refractivity contribution in [2.24, 2.45) is 0 Å². The molecule has 1 aliphatic heterocycles. The van der Waals surface area contributed by atoms with Crippen molar-refractivity contribution < 1.29 is 13.2 Å². The van der Waals surface area contributed by atoms with Crippen molar-refractivity contribution in [2.75, 3.05) is 13.1 Å². The maximum Gasteiger partial charge on any atom is 0.251 e. The molecule has 1 aliphatic rings. The second-order valence-electron chi connectivity index (χ2n) is 7.03. The van der Waals surface area contributed by atoms with E-state index in [1.165, 1.54) is 6.07 Å². The van der Waals surface area contributed by atoms with Crippen LogP contribution in [0, 0.1) is 0 Å². The molecule has 0 bridgehead atoms. The Labute approximate surface area is 166 Å². The Morgan fingerprint density at radius 1 is 1.32 bits per heavy atom. The number of rotatable bonds is 7. The van der Waals surface area contributed by atoms with Crippen LogP contribution in [0.25, 0.3) is 0 Å². The van der Waals surface area contributed by atoms with E-state index < -0.39 is 10.0 Å². The van der Waals surface area contributed by atoms with Crippen molar-refractivity contribution in [1.82, 2.24) is 24.4 Å². The highest BCUT2D eigenvalue weighted by Crippen LogP contribution is 2.25. The molecular formula is C19H27N5O3S. The van der Waals surface area contributed by atoms with Gasteiger partial charge in [-0.25, -0.2) is 8.42 Å². The van der Waals surface area contributed by atoms with Crippen LogP contribution in [0.3, 0.4) is 0 Å². The van der Waals surface area contributed by atoms with E-state index in [4.69, 9.17) is 0 Å². The summed E-state index contributed by atoms with van der Waals surface area (Å²) in [6.45, 7) is 5.63. The maximum absolute atomic E-state index is 13.0. The van der Waals surface area contributed by atoms with Gasteiger partial charge < -0.3 is 9.88 Å². The average molecular weight is 406 g/mol. The third kappa shape index (κ3) is 4.41. The minimum Gasteiger partial charge on any atom is -0.352 e. The fourth-order valence-electron chi connectivity index (χ4n) is 3.49. The monoisotopic (exact) mass is 405 g/mol. The summed E-state index contributed by atoms with van der Waals surface area (Å²) in [5.41, 5.74) is 0.336. The largest absolute Gasteiger partial charge is 0.352 e. The highest BCUT2D eigenvalue weighted by Gasteiger charge is 2.31. The van der Waals surface area contributed by atoms with E-state index in [9.17, 15) is 13.2 Å². The first-order valence-corrected chi connectivity index (χ1v) is 11.1. The minimum atomic E-state index is -3.60. The van der Waals surface area contributed by atoms with E-state index in [1.807, 2.05) is 18.4 Å². The Hall–Kier alpha value is -2.26. The Balaban J connectivity index is 1.67. The van der Waals surface area contributed by atoms with Crippen molar-refractivity contribution in [2.45, 2.75) is 57.0 Å². The molecule has 3 rings (SSSR count). The van der Waals surface area contributed by atoms with Crippen LogP contribution in [0.4, 0.5) is 0 Å². The van der Waals surface area contributed by atoms with Gasteiger partial charge in [-0.15, -0.1) is 10.2 Å². The summed E-state index contributed by atoms with van der Waals surface area (Å²) in [5, 5.41) is 10.7. The third-order valence-corrected chi connectivity index (χ3v) is 7.12. The van der Waals surface area contributed by atoms with E-state index in [2.05, 4.69) is 15.5 Å². The first kappa shape index (κ1) is 20.5. The first-order valence-electron chi connectivity index (χ1n) is 9.70. The van der Waals surface area contributed by atoms with Gasteiger partial charge in [0.15, 0.2) is 0 Å². The smallest absolute Gasteiger partial charge is 0.251 e. The number of benzene rings is 1. The molecule has 1 amide bonds. The standard InChI is InChI=1S/C19H27N5O3S/c1-3-23-14-21-22-18(23)10-11-20-19(25)16-8-6-9-17(13-16)28(26,27)24-12-5-4-7-15(24)2/h6,8-9,13-15H,3-5,7,10-12H2,1-2H3,(H,20,25). The Morgan fingerprint density at radius 2 is 2.14 bits per heavy atom. The van der Waals surface area contributed by atoms with Gasteiger partial charge in [0, 0.05) is 37.7 Å². The van der Waals surface area contributed by atoms with Gasteiger partial charge in [0.2, 0.25) is 10.0 Å². The van der Waals surface area contributed by atoms with Crippen LogP contribution < -0.4 is 5.32 Å². The molecule has 9 heteroatoms. The zero-order valence-electron chi connectivity index (χ0n) is 16.3. The van der Waals surface area contributed by atoms with Gasteiger partial charge in [0.1, 0.15) is 12.2 Å². The van der Waals surface area contributed by atoms with Crippen LogP contribution in [0.15, 0.2) is 35.5 Å². The summed E-state index contributed by atoms with van der Waals surface area (Å²) in [7, 11) is -3.60. The van der Waals surface area contributed by atoms with Gasteiger partial charge in [0.25, 0.3) is 5.91 Å². The summed E-state index contributed by atoms with van der Waals surface area (Å²) in [6.07, 6.45) is 4.99. The Bertz CT molecular complexity index is 925. The molecule has 2 heterocycles. The number of sulfonamides is 1. The third-order valence-electron chi connectivity index (χ3n) is 5.12. The second kappa shape index (κ2) is 8.83. The molecule has 1 unspecified atom stereocenters. The fourth-order valence-corrected chi connectivity index (χ4v) is 5.23. The number of hydrogen-bond donors (Lipinski definition) is 1. The predicted octanol–water partition coefficient (Wildman–Crippen LogP) is 1.83. The summed E-state index contributed by atoms with van der Waals surface area (Å²) < 4.78 is 29.4. The number of aryl methyl sites for hydroxylation is 1. The molecule has 1 N–H and O–H groups in total. The average Bonchev–Trinajstić information content (AvgIpc) is 3.15. The lowest BCUT2D eigenvalue weighted by molar-refractivity contribution is 0.0953. The molecule has 0 aliphatic carbocycles. The number of nitrogens with one attached hydrogen (secondary N) is 1. The van der Waals surface area contributed by atoms with E-state index >= 15 is 0 Å². The van der Waals surface area contributed by atoms with Crippen molar-refractivity contribution >= 4 is 15.9 Å². The number of nitrogens with zero attached hydrogens (tertiary/aromatic N) is 4. The number of amides is 1. The van der Waals surface area contributed by atoms with Crippen molar-refractivity contribution in [3.63, 3.8) is 0 Å². The molecule has 152 valence electrons. The summed E-state index contributed by atoms with van der Waals surface area (Å²) in [4.78, 5) is 12.7. The van der Waals surface area contributed by atoms with Gasteiger partial charge in [-0.05, 0) is 44.9 Å². The summed E-state index contributed by atoms with van der Waals surface area (Å²) >= 11 is 0. The van der Waals surface area contributed by atoms with E-state index in [1.54, 1.807) is 28.8 Å². The molecule has 0 radical (unpaired) electrons. The quantitative estimate of drug-likeness (QED) is 0.758. The molecule has 1 atom stereocenters. The van der Waals surface area contributed by atoms with Crippen molar-refractivity contribution in [3.8, 4) is 0 Å². The zero-order valence-corrected chi connectivity index (χ0v) is 17.2. The van der Waals surface area contributed by atoms with Gasteiger partial charge >= 0.3 is 0 Å². The summed E-state index contributed by atoms with van der Waals surface area (Å²) in [5.74, 6) is 0.504. The lowest BCUT2D eigenvalue weighted by atomic mass is 10.1. The molecule has 0 spiro atoms. The molecular weight excluding hydrogens is 378 g/mol. The van der Waals surface area contributed by atoms with Gasteiger partial charge in [0.05, 0.1) is 4.90 Å². The van der Waals surface area contributed by atoms with Crippen molar-refractivity contribution in [3.05, 3.63) is 42.0 Å².